The topological polar surface area (TPSA) is 71.4 Å². The molecule has 0 bridgehead atoms. The maximum atomic E-state index is 13.1. The van der Waals surface area contributed by atoms with E-state index in [0.717, 1.165) is 38.5 Å². The molecule has 2 aliphatic rings. The summed E-state index contributed by atoms with van der Waals surface area (Å²) in [5, 5.41) is 3.13. The van der Waals surface area contributed by atoms with E-state index in [4.69, 9.17) is 0 Å². The molecule has 0 radical (unpaired) electrons. The molecule has 1 N–H and O–H groups in total. The summed E-state index contributed by atoms with van der Waals surface area (Å²) in [6.07, 6.45) is 8.53. The highest BCUT2D eigenvalue weighted by Gasteiger charge is 2.32. The van der Waals surface area contributed by atoms with Crippen LogP contribution in [0.3, 0.4) is 0 Å². The number of carbonyl (C=O) groups is 1. The van der Waals surface area contributed by atoms with Crippen LogP contribution in [0.5, 0.6) is 0 Å². The quantitative estimate of drug-likeness (QED) is 0.796. The molecular weight excluding hydrogens is 362 g/mol. The summed E-state index contributed by atoms with van der Waals surface area (Å²) >= 11 is 0. The fourth-order valence-corrected chi connectivity index (χ4v) is 5.94. The Morgan fingerprint density at radius 1 is 1.07 bits per heavy atom. The van der Waals surface area contributed by atoms with E-state index in [2.05, 4.69) is 12.2 Å². The summed E-state index contributed by atoms with van der Waals surface area (Å²) in [5.41, 5.74) is 1.06. The van der Waals surface area contributed by atoms with Crippen LogP contribution in [0.1, 0.15) is 74.5 Å². The van der Waals surface area contributed by atoms with Crippen LogP contribution in [-0.4, -0.2) is 42.3 Å². The highest BCUT2D eigenvalue weighted by atomic mass is 32.2. The number of amides is 1. The van der Waals surface area contributed by atoms with Gasteiger partial charge in [-0.3, -0.25) is 4.79 Å². The van der Waals surface area contributed by atoms with Crippen LogP contribution in [-0.2, 0) is 17.1 Å². The Hall–Kier alpha value is -1.34. The minimum Gasteiger partial charge on any atom is -0.348 e. The minimum absolute atomic E-state index is 0.166. The molecule has 7 heteroatoms. The lowest BCUT2D eigenvalue weighted by Crippen LogP contribution is -2.38. The second-order valence-corrected chi connectivity index (χ2v) is 10.2. The van der Waals surface area contributed by atoms with Gasteiger partial charge in [-0.05, 0) is 44.6 Å². The number of piperidine rings is 1. The SMILES string of the molecule is Cc1c(S(=O)(=O)N2CCC(C)CC2)cc(C(=O)NC2CCCCCC2)n1C. The summed E-state index contributed by atoms with van der Waals surface area (Å²) in [6.45, 7) is 5.05. The van der Waals surface area contributed by atoms with Gasteiger partial charge in [0.05, 0.1) is 0 Å². The second-order valence-electron chi connectivity index (χ2n) is 8.29. The molecule has 1 aromatic rings. The fourth-order valence-electron chi connectivity index (χ4n) is 4.20. The Kier molecular flexibility index (Phi) is 6.31. The second kappa shape index (κ2) is 8.35. The largest absolute Gasteiger partial charge is 0.348 e. The van der Waals surface area contributed by atoms with E-state index in [0.29, 0.717) is 30.4 Å². The average Bonchev–Trinajstić information content (AvgIpc) is 2.80. The molecule has 27 heavy (non-hydrogen) atoms. The first kappa shape index (κ1) is 20.4. The number of hydrogen-bond donors (Lipinski definition) is 1. The predicted molar refractivity (Wildman–Crippen MR) is 106 cm³/mol. The zero-order chi connectivity index (χ0) is 19.6. The van der Waals surface area contributed by atoms with Gasteiger partial charge in [0.25, 0.3) is 5.91 Å². The molecule has 0 unspecified atom stereocenters. The Labute approximate surface area is 163 Å². The maximum Gasteiger partial charge on any atom is 0.268 e. The minimum atomic E-state index is -3.56. The van der Waals surface area contributed by atoms with E-state index < -0.39 is 10.0 Å². The van der Waals surface area contributed by atoms with Gasteiger partial charge in [0.2, 0.25) is 10.0 Å². The van der Waals surface area contributed by atoms with Gasteiger partial charge in [0, 0.05) is 31.9 Å². The van der Waals surface area contributed by atoms with Crippen LogP contribution in [0.25, 0.3) is 0 Å². The first-order valence-electron chi connectivity index (χ1n) is 10.3. The normalized spacial score (nSPS) is 21.1. The number of rotatable bonds is 4. The molecule has 1 amide bonds. The van der Waals surface area contributed by atoms with E-state index in [1.807, 2.05) is 0 Å². The fraction of sp³-hybridized carbons (Fsp3) is 0.750. The monoisotopic (exact) mass is 395 g/mol. The molecule has 152 valence electrons. The van der Waals surface area contributed by atoms with Crippen molar-refractivity contribution < 1.29 is 13.2 Å². The van der Waals surface area contributed by atoms with Crippen LogP contribution >= 0.6 is 0 Å². The van der Waals surface area contributed by atoms with Gasteiger partial charge in [0.15, 0.2) is 0 Å². The van der Waals surface area contributed by atoms with Gasteiger partial charge in [-0.2, -0.15) is 4.31 Å². The summed E-state index contributed by atoms with van der Waals surface area (Å²) < 4.78 is 29.5. The van der Waals surface area contributed by atoms with Crippen molar-refractivity contribution in [3.63, 3.8) is 0 Å². The average molecular weight is 396 g/mol. The Balaban J connectivity index is 1.79. The summed E-state index contributed by atoms with van der Waals surface area (Å²) in [6, 6.07) is 1.76. The van der Waals surface area contributed by atoms with Gasteiger partial charge >= 0.3 is 0 Å². The van der Waals surface area contributed by atoms with Crippen molar-refractivity contribution in [3.05, 3.63) is 17.5 Å². The molecule has 0 aromatic carbocycles. The smallest absolute Gasteiger partial charge is 0.268 e. The third kappa shape index (κ3) is 4.40. The highest BCUT2D eigenvalue weighted by Crippen LogP contribution is 2.27. The van der Waals surface area contributed by atoms with Gasteiger partial charge < -0.3 is 9.88 Å². The van der Waals surface area contributed by atoms with E-state index in [1.54, 1.807) is 28.9 Å². The van der Waals surface area contributed by atoms with Crippen LogP contribution in [0, 0.1) is 12.8 Å². The molecule has 1 aromatic heterocycles. The number of carbonyl (C=O) groups excluding carboxylic acids is 1. The molecule has 1 aliphatic heterocycles. The van der Waals surface area contributed by atoms with Gasteiger partial charge in [-0.25, -0.2) is 8.42 Å². The van der Waals surface area contributed by atoms with Crippen molar-refractivity contribution in [2.24, 2.45) is 13.0 Å². The Morgan fingerprint density at radius 3 is 2.26 bits per heavy atom. The number of nitrogens with one attached hydrogen (secondary N) is 1. The molecule has 2 fully saturated rings. The molecule has 1 saturated carbocycles. The molecule has 6 nitrogen and oxygen atoms in total. The maximum absolute atomic E-state index is 13.1. The highest BCUT2D eigenvalue weighted by molar-refractivity contribution is 7.89. The third-order valence-electron chi connectivity index (χ3n) is 6.27. The van der Waals surface area contributed by atoms with Crippen molar-refractivity contribution in [3.8, 4) is 0 Å². The summed E-state index contributed by atoms with van der Waals surface area (Å²) in [7, 11) is -1.79. The van der Waals surface area contributed by atoms with E-state index in [1.165, 1.54) is 12.8 Å². The van der Waals surface area contributed by atoms with Crippen molar-refractivity contribution in [1.29, 1.82) is 0 Å². The van der Waals surface area contributed by atoms with Crippen LogP contribution in [0.15, 0.2) is 11.0 Å². The standard InChI is InChI=1S/C20H33N3O3S/c1-15-10-12-23(13-11-15)27(25,26)19-14-18(22(3)16(19)2)20(24)21-17-8-6-4-5-7-9-17/h14-15,17H,4-13H2,1-3H3,(H,21,24). The molecule has 3 rings (SSSR count). The van der Waals surface area contributed by atoms with Gasteiger partial charge in [-0.15, -0.1) is 0 Å². The number of aromatic nitrogens is 1. The van der Waals surface area contributed by atoms with E-state index in [-0.39, 0.29) is 16.8 Å². The third-order valence-corrected chi connectivity index (χ3v) is 8.29. The molecule has 0 spiro atoms. The van der Waals surface area contributed by atoms with Crippen LogP contribution < -0.4 is 5.32 Å². The van der Waals surface area contributed by atoms with Crippen LogP contribution in [0.4, 0.5) is 0 Å². The molecular formula is C20H33N3O3S. The predicted octanol–water partition coefficient (Wildman–Crippen LogP) is 3.21. The summed E-state index contributed by atoms with van der Waals surface area (Å²) in [4.78, 5) is 13.1. The van der Waals surface area contributed by atoms with Crippen molar-refractivity contribution >= 4 is 15.9 Å². The van der Waals surface area contributed by atoms with Crippen LogP contribution in [0.2, 0.25) is 0 Å². The molecule has 1 saturated heterocycles. The van der Waals surface area contributed by atoms with Crippen molar-refractivity contribution in [2.75, 3.05) is 13.1 Å². The lowest BCUT2D eigenvalue weighted by molar-refractivity contribution is 0.0925. The van der Waals surface area contributed by atoms with E-state index in [9.17, 15) is 13.2 Å². The molecule has 0 atom stereocenters. The van der Waals surface area contributed by atoms with Gasteiger partial charge in [-0.1, -0.05) is 32.6 Å². The van der Waals surface area contributed by atoms with E-state index >= 15 is 0 Å². The molecule has 1 aliphatic carbocycles. The number of nitrogens with zero attached hydrogens (tertiary/aromatic N) is 2. The Morgan fingerprint density at radius 2 is 1.67 bits per heavy atom. The molecule has 2 heterocycles. The lowest BCUT2D eigenvalue weighted by Gasteiger charge is -2.29. The summed E-state index contributed by atoms with van der Waals surface area (Å²) in [5.74, 6) is 0.399. The number of sulfonamides is 1. The number of hydrogen-bond acceptors (Lipinski definition) is 3. The Bertz CT molecular complexity index is 769. The lowest BCUT2D eigenvalue weighted by atomic mass is 10.0. The first-order chi connectivity index (χ1) is 12.8. The zero-order valence-corrected chi connectivity index (χ0v) is 17.6. The first-order valence-corrected chi connectivity index (χ1v) is 11.7. The van der Waals surface area contributed by atoms with Crippen molar-refractivity contribution in [1.82, 2.24) is 14.2 Å². The van der Waals surface area contributed by atoms with Gasteiger partial charge in [0.1, 0.15) is 10.6 Å². The van der Waals surface area contributed by atoms with Crippen molar-refractivity contribution in [2.45, 2.75) is 76.2 Å². The zero-order valence-electron chi connectivity index (χ0n) is 16.8.